The lowest BCUT2D eigenvalue weighted by molar-refractivity contribution is -0.0374. The van der Waals surface area contributed by atoms with Crippen LogP contribution in [0.1, 0.15) is 46.5 Å². The minimum atomic E-state index is -0.432. The summed E-state index contributed by atoms with van der Waals surface area (Å²) in [6.45, 7) is 8.71. The molecule has 2 aliphatic rings. The Labute approximate surface area is 121 Å². The summed E-state index contributed by atoms with van der Waals surface area (Å²) in [4.78, 5) is 11.6. The molecule has 1 heterocycles. The number of nitrogens with one attached hydrogen (secondary N) is 2. The van der Waals surface area contributed by atoms with Crippen molar-refractivity contribution in [2.24, 2.45) is 5.92 Å². The molecular weight excluding hydrogens is 256 g/mol. The topological polar surface area (TPSA) is 59.6 Å². The Morgan fingerprint density at radius 1 is 1.25 bits per heavy atom. The van der Waals surface area contributed by atoms with E-state index in [4.69, 9.17) is 9.47 Å². The van der Waals surface area contributed by atoms with Gasteiger partial charge in [0, 0.05) is 12.6 Å². The van der Waals surface area contributed by atoms with E-state index in [1.54, 1.807) is 0 Å². The van der Waals surface area contributed by atoms with E-state index in [-0.39, 0.29) is 12.1 Å². The van der Waals surface area contributed by atoms with E-state index >= 15 is 0 Å². The fraction of sp³-hybridized carbons (Fsp3) is 0.933. The van der Waals surface area contributed by atoms with Gasteiger partial charge in [0.15, 0.2) is 0 Å². The summed E-state index contributed by atoms with van der Waals surface area (Å²) < 4.78 is 11.1. The van der Waals surface area contributed by atoms with Gasteiger partial charge in [-0.2, -0.15) is 0 Å². The van der Waals surface area contributed by atoms with Crippen molar-refractivity contribution in [3.05, 3.63) is 0 Å². The Hall–Kier alpha value is -0.810. The van der Waals surface area contributed by atoms with E-state index in [1.807, 2.05) is 20.8 Å². The number of carbonyl (C=O) groups excluding carboxylic acids is 1. The maximum absolute atomic E-state index is 11.6. The summed E-state index contributed by atoms with van der Waals surface area (Å²) in [6.07, 6.45) is 4.23. The smallest absolute Gasteiger partial charge is 0.407 e. The second kappa shape index (κ2) is 6.76. The van der Waals surface area contributed by atoms with Crippen molar-refractivity contribution in [2.75, 3.05) is 19.7 Å². The zero-order valence-electron chi connectivity index (χ0n) is 12.9. The highest BCUT2D eigenvalue weighted by molar-refractivity contribution is 5.68. The third-order valence-electron chi connectivity index (χ3n) is 3.84. The van der Waals surface area contributed by atoms with Gasteiger partial charge in [0.1, 0.15) is 5.60 Å². The molecule has 0 spiro atoms. The van der Waals surface area contributed by atoms with Crippen LogP contribution in [0.4, 0.5) is 4.79 Å². The van der Waals surface area contributed by atoms with Crippen LogP contribution >= 0.6 is 0 Å². The molecule has 0 unspecified atom stereocenters. The number of piperidine rings is 1. The van der Waals surface area contributed by atoms with Crippen LogP contribution < -0.4 is 10.6 Å². The number of hydrogen-bond donors (Lipinski definition) is 2. The van der Waals surface area contributed by atoms with Crippen LogP contribution in [0.5, 0.6) is 0 Å². The van der Waals surface area contributed by atoms with Crippen molar-refractivity contribution in [3.8, 4) is 0 Å². The van der Waals surface area contributed by atoms with Gasteiger partial charge in [0.2, 0.25) is 0 Å². The first-order chi connectivity index (χ1) is 9.42. The minimum absolute atomic E-state index is 0.211. The number of alkyl carbamates (subject to hydrolysis) is 1. The normalized spacial score (nSPS) is 27.8. The molecule has 0 aromatic heterocycles. The molecule has 2 fully saturated rings. The monoisotopic (exact) mass is 284 g/mol. The van der Waals surface area contributed by atoms with Crippen molar-refractivity contribution < 1.29 is 14.3 Å². The Kier molecular flexibility index (Phi) is 5.27. The lowest BCUT2D eigenvalue weighted by Gasteiger charge is -2.37. The highest BCUT2D eigenvalue weighted by Crippen LogP contribution is 2.25. The molecule has 5 nitrogen and oxygen atoms in total. The molecule has 0 aromatic carbocycles. The summed E-state index contributed by atoms with van der Waals surface area (Å²) >= 11 is 0. The molecule has 1 aliphatic heterocycles. The Morgan fingerprint density at radius 2 is 1.90 bits per heavy atom. The summed E-state index contributed by atoms with van der Waals surface area (Å²) in [5, 5.41) is 6.25. The minimum Gasteiger partial charge on any atom is -0.444 e. The molecule has 20 heavy (non-hydrogen) atoms. The van der Waals surface area contributed by atoms with Gasteiger partial charge in [-0.3, -0.25) is 0 Å². The van der Waals surface area contributed by atoms with Crippen molar-refractivity contribution in [3.63, 3.8) is 0 Å². The molecule has 1 aliphatic carbocycles. The van der Waals surface area contributed by atoms with Crippen LogP contribution in [0, 0.1) is 5.92 Å². The molecular formula is C15H28N2O3. The average molecular weight is 284 g/mol. The van der Waals surface area contributed by atoms with Crippen LogP contribution in [-0.2, 0) is 9.47 Å². The lowest BCUT2D eigenvalue weighted by atomic mass is 9.89. The van der Waals surface area contributed by atoms with Gasteiger partial charge < -0.3 is 20.1 Å². The van der Waals surface area contributed by atoms with Crippen molar-refractivity contribution in [1.29, 1.82) is 0 Å². The third kappa shape index (κ3) is 5.29. The molecule has 116 valence electrons. The third-order valence-corrected chi connectivity index (χ3v) is 3.84. The Bertz CT molecular complexity index is 316. The number of ether oxygens (including phenoxy) is 2. The molecule has 1 saturated carbocycles. The van der Waals surface area contributed by atoms with Crippen LogP contribution in [0.2, 0.25) is 0 Å². The van der Waals surface area contributed by atoms with Crippen molar-refractivity contribution in [2.45, 2.75) is 64.2 Å². The predicted molar refractivity (Wildman–Crippen MR) is 77.7 cm³/mol. The first kappa shape index (κ1) is 15.6. The van der Waals surface area contributed by atoms with Gasteiger partial charge in [0.25, 0.3) is 0 Å². The largest absolute Gasteiger partial charge is 0.444 e. The molecule has 0 atom stereocenters. The molecule has 0 aromatic rings. The van der Waals surface area contributed by atoms with E-state index in [1.165, 1.54) is 12.8 Å². The summed E-state index contributed by atoms with van der Waals surface area (Å²) in [6, 6.07) is 0.211. The SMILES string of the molecule is CC(C)(C)OC(=O)N[C@H]1C[C@H](OCC2CCNCC2)C1. The van der Waals surface area contributed by atoms with E-state index < -0.39 is 5.60 Å². The van der Waals surface area contributed by atoms with Gasteiger partial charge in [-0.25, -0.2) is 4.79 Å². The van der Waals surface area contributed by atoms with Gasteiger partial charge in [-0.05, 0) is 65.5 Å². The first-order valence-electron chi connectivity index (χ1n) is 7.74. The van der Waals surface area contributed by atoms with E-state index in [0.717, 1.165) is 32.5 Å². The molecule has 1 amide bonds. The maximum Gasteiger partial charge on any atom is 0.407 e. The molecule has 2 N–H and O–H groups in total. The second-order valence-electron chi connectivity index (χ2n) is 6.96. The summed E-state index contributed by atoms with van der Waals surface area (Å²) in [5.41, 5.74) is -0.432. The second-order valence-corrected chi connectivity index (χ2v) is 6.96. The van der Waals surface area contributed by atoms with Crippen molar-refractivity contribution in [1.82, 2.24) is 10.6 Å². The maximum atomic E-state index is 11.6. The molecule has 5 heteroatoms. The highest BCUT2D eigenvalue weighted by atomic mass is 16.6. The molecule has 0 bridgehead atoms. The van der Waals surface area contributed by atoms with E-state index in [0.29, 0.717) is 12.0 Å². The fourth-order valence-corrected chi connectivity index (χ4v) is 2.61. The quantitative estimate of drug-likeness (QED) is 0.829. The Balaban J connectivity index is 1.54. The van der Waals surface area contributed by atoms with Crippen LogP contribution in [-0.4, -0.2) is 43.5 Å². The molecule has 2 rings (SSSR count). The number of carbonyl (C=O) groups is 1. The van der Waals surface area contributed by atoms with Crippen LogP contribution in [0.3, 0.4) is 0 Å². The van der Waals surface area contributed by atoms with Crippen molar-refractivity contribution >= 4 is 6.09 Å². The summed E-state index contributed by atoms with van der Waals surface area (Å²) in [7, 11) is 0. The van der Waals surface area contributed by atoms with Gasteiger partial charge >= 0.3 is 6.09 Å². The first-order valence-corrected chi connectivity index (χ1v) is 7.74. The van der Waals surface area contributed by atoms with Gasteiger partial charge in [-0.1, -0.05) is 0 Å². The number of hydrogen-bond acceptors (Lipinski definition) is 4. The van der Waals surface area contributed by atoms with E-state index in [2.05, 4.69) is 10.6 Å². The zero-order valence-corrected chi connectivity index (χ0v) is 12.9. The molecule has 1 saturated heterocycles. The zero-order chi connectivity index (χ0) is 14.6. The number of amides is 1. The fourth-order valence-electron chi connectivity index (χ4n) is 2.61. The summed E-state index contributed by atoms with van der Waals surface area (Å²) in [5.74, 6) is 0.703. The lowest BCUT2D eigenvalue weighted by Crippen LogP contribution is -2.49. The van der Waals surface area contributed by atoms with E-state index in [9.17, 15) is 4.79 Å². The Morgan fingerprint density at radius 3 is 2.50 bits per heavy atom. The molecule has 0 radical (unpaired) electrons. The number of rotatable bonds is 4. The van der Waals surface area contributed by atoms with Gasteiger partial charge in [-0.15, -0.1) is 0 Å². The average Bonchev–Trinajstić information content (AvgIpc) is 2.31. The van der Waals surface area contributed by atoms with Crippen LogP contribution in [0.15, 0.2) is 0 Å². The van der Waals surface area contributed by atoms with Gasteiger partial charge in [0.05, 0.1) is 6.10 Å². The standard InChI is InChI=1S/C15H28N2O3/c1-15(2,3)20-14(18)17-12-8-13(9-12)19-10-11-4-6-16-7-5-11/h11-13,16H,4-10H2,1-3H3,(H,17,18)/t12-,13-. The van der Waals surface area contributed by atoms with Crippen LogP contribution in [0.25, 0.3) is 0 Å². The predicted octanol–water partition coefficient (Wildman–Crippen LogP) is 2.06. The highest BCUT2D eigenvalue weighted by Gasteiger charge is 2.32.